The first-order chi connectivity index (χ1) is 15.2. The zero-order chi connectivity index (χ0) is 22.3. The monoisotopic (exact) mass is 620 g/mol. The van der Waals surface area contributed by atoms with Gasteiger partial charge in [-0.25, -0.2) is 4.79 Å². The maximum absolute atomic E-state index is 12.3. The van der Waals surface area contributed by atoms with E-state index in [-0.39, 0.29) is 12.6 Å². The van der Waals surface area contributed by atoms with Crippen LogP contribution in [0.25, 0.3) is 0 Å². The van der Waals surface area contributed by atoms with Gasteiger partial charge in [0.1, 0.15) is 6.61 Å². The van der Waals surface area contributed by atoms with Crippen molar-refractivity contribution < 1.29 is 23.7 Å². The third-order valence-electron chi connectivity index (χ3n) is 4.06. The summed E-state index contributed by atoms with van der Waals surface area (Å²) in [7, 11) is 0. The molecular weight excluding hydrogens is 596 g/mol. The number of hydrogen-bond donors (Lipinski definition) is 0. The summed E-state index contributed by atoms with van der Waals surface area (Å²) in [5.74, 6) is 1.40. The number of carbonyl (C=O) groups excluding carboxylic acids is 1. The lowest BCUT2D eigenvalue weighted by Crippen LogP contribution is -2.09. The Morgan fingerprint density at radius 2 is 1.26 bits per heavy atom. The number of hydrogen-bond acceptors (Lipinski definition) is 5. The molecule has 2 aromatic rings. The SMILES string of the molecule is O=C(OCc1cc(OCCCBr)c(OCCCBr)c(OCCCBr)c1)c1ccccc1. The number of ether oxygens (including phenoxy) is 4. The summed E-state index contributed by atoms with van der Waals surface area (Å²) in [6, 6.07) is 12.6. The summed E-state index contributed by atoms with van der Waals surface area (Å²) in [4.78, 5) is 12.3. The van der Waals surface area contributed by atoms with Crippen molar-refractivity contribution in [2.45, 2.75) is 25.9 Å². The Bertz CT molecular complexity index is 755. The molecule has 0 spiro atoms. The molecule has 2 aromatic carbocycles. The van der Waals surface area contributed by atoms with Gasteiger partial charge in [0, 0.05) is 16.0 Å². The molecule has 0 atom stereocenters. The van der Waals surface area contributed by atoms with E-state index in [1.807, 2.05) is 18.2 Å². The Balaban J connectivity index is 2.22. The minimum absolute atomic E-state index is 0.110. The lowest BCUT2D eigenvalue weighted by molar-refractivity contribution is 0.0472. The second-order valence-electron chi connectivity index (χ2n) is 6.54. The molecule has 0 unspecified atom stereocenters. The molecule has 0 heterocycles. The molecule has 0 aromatic heterocycles. The Hall–Kier alpha value is -1.25. The van der Waals surface area contributed by atoms with Crippen LogP contribution in [0.2, 0.25) is 0 Å². The lowest BCUT2D eigenvalue weighted by atomic mass is 10.2. The molecule has 0 saturated carbocycles. The molecule has 0 aliphatic heterocycles. The molecular formula is C23H27Br3O5. The lowest BCUT2D eigenvalue weighted by Gasteiger charge is -2.18. The van der Waals surface area contributed by atoms with E-state index in [1.54, 1.807) is 24.3 Å². The molecule has 0 fully saturated rings. The first-order valence-electron chi connectivity index (χ1n) is 10.1. The van der Waals surface area contributed by atoms with E-state index in [4.69, 9.17) is 18.9 Å². The first kappa shape index (κ1) is 26.0. The fraction of sp³-hybridized carbons (Fsp3) is 0.435. The summed E-state index contributed by atoms with van der Waals surface area (Å²) < 4.78 is 23.5. The van der Waals surface area contributed by atoms with Crippen molar-refractivity contribution in [3.05, 3.63) is 53.6 Å². The molecule has 0 saturated heterocycles. The van der Waals surface area contributed by atoms with Crippen molar-refractivity contribution >= 4 is 53.8 Å². The van der Waals surface area contributed by atoms with Gasteiger partial charge in [0.05, 0.1) is 25.4 Å². The number of benzene rings is 2. The molecule has 0 amide bonds. The van der Waals surface area contributed by atoms with Gasteiger partial charge in [0.15, 0.2) is 11.5 Å². The molecule has 5 nitrogen and oxygen atoms in total. The summed E-state index contributed by atoms with van der Waals surface area (Å²) in [6.45, 7) is 1.72. The number of rotatable bonds is 15. The molecule has 0 bridgehead atoms. The normalized spacial score (nSPS) is 10.5. The number of alkyl halides is 3. The summed E-state index contributed by atoms with van der Waals surface area (Å²) in [5, 5.41) is 2.53. The van der Waals surface area contributed by atoms with Crippen molar-refractivity contribution in [1.29, 1.82) is 0 Å². The second kappa shape index (κ2) is 15.5. The predicted molar refractivity (Wildman–Crippen MR) is 134 cm³/mol. The summed E-state index contributed by atoms with van der Waals surface area (Å²) >= 11 is 10.3. The summed E-state index contributed by atoms with van der Waals surface area (Å²) in [5.41, 5.74) is 1.29. The maximum atomic E-state index is 12.3. The highest BCUT2D eigenvalue weighted by molar-refractivity contribution is 9.09. The van der Waals surface area contributed by atoms with Gasteiger partial charge in [0.25, 0.3) is 0 Å². The van der Waals surface area contributed by atoms with Gasteiger partial charge in [-0.3, -0.25) is 0 Å². The van der Waals surface area contributed by atoms with Crippen LogP contribution in [0.3, 0.4) is 0 Å². The average molecular weight is 623 g/mol. The Labute approximate surface area is 209 Å². The van der Waals surface area contributed by atoms with Crippen LogP contribution in [0.15, 0.2) is 42.5 Å². The largest absolute Gasteiger partial charge is 0.490 e. The number of halogens is 3. The van der Waals surface area contributed by atoms with Crippen LogP contribution in [0.1, 0.15) is 35.2 Å². The van der Waals surface area contributed by atoms with Crippen molar-refractivity contribution in [3.63, 3.8) is 0 Å². The van der Waals surface area contributed by atoms with Gasteiger partial charge in [-0.05, 0) is 49.1 Å². The third kappa shape index (κ3) is 9.41. The molecule has 0 radical (unpaired) electrons. The molecule has 0 aliphatic rings. The number of esters is 1. The van der Waals surface area contributed by atoms with Gasteiger partial charge in [0.2, 0.25) is 5.75 Å². The quantitative estimate of drug-likeness (QED) is 0.128. The van der Waals surface area contributed by atoms with E-state index in [1.165, 1.54) is 0 Å². The van der Waals surface area contributed by atoms with E-state index >= 15 is 0 Å². The average Bonchev–Trinajstić information content (AvgIpc) is 2.80. The van der Waals surface area contributed by atoms with E-state index in [2.05, 4.69) is 47.8 Å². The van der Waals surface area contributed by atoms with Gasteiger partial charge in [-0.2, -0.15) is 0 Å². The van der Waals surface area contributed by atoms with Crippen LogP contribution >= 0.6 is 47.8 Å². The minimum atomic E-state index is -0.373. The van der Waals surface area contributed by atoms with E-state index in [0.717, 1.165) is 40.8 Å². The van der Waals surface area contributed by atoms with Crippen molar-refractivity contribution in [3.8, 4) is 17.2 Å². The molecule has 2 rings (SSSR count). The van der Waals surface area contributed by atoms with Gasteiger partial charge in [-0.15, -0.1) is 0 Å². The predicted octanol–water partition coefficient (Wildman–Crippen LogP) is 6.54. The van der Waals surface area contributed by atoms with Gasteiger partial charge in [-0.1, -0.05) is 66.0 Å². The first-order valence-corrected chi connectivity index (χ1v) is 13.5. The van der Waals surface area contributed by atoms with Gasteiger partial charge >= 0.3 is 5.97 Å². The van der Waals surface area contributed by atoms with Crippen molar-refractivity contribution in [2.75, 3.05) is 35.8 Å². The van der Waals surface area contributed by atoms with E-state index in [0.29, 0.717) is 42.6 Å². The van der Waals surface area contributed by atoms with Crippen molar-refractivity contribution in [1.82, 2.24) is 0 Å². The highest BCUT2D eigenvalue weighted by Gasteiger charge is 2.17. The number of carbonyl (C=O) groups is 1. The van der Waals surface area contributed by atoms with Crippen LogP contribution < -0.4 is 14.2 Å². The highest BCUT2D eigenvalue weighted by Crippen LogP contribution is 2.39. The van der Waals surface area contributed by atoms with Gasteiger partial charge < -0.3 is 18.9 Å². The second-order valence-corrected chi connectivity index (χ2v) is 8.92. The van der Waals surface area contributed by atoms with E-state index < -0.39 is 0 Å². The topological polar surface area (TPSA) is 54.0 Å². The summed E-state index contributed by atoms with van der Waals surface area (Å²) in [6.07, 6.45) is 2.57. The minimum Gasteiger partial charge on any atom is -0.490 e. The zero-order valence-corrected chi connectivity index (χ0v) is 22.0. The maximum Gasteiger partial charge on any atom is 0.338 e. The van der Waals surface area contributed by atoms with Crippen LogP contribution in [-0.2, 0) is 11.3 Å². The standard InChI is InChI=1S/C23H27Br3O5/c24-9-4-12-28-20-15-18(17-31-23(27)19-7-2-1-3-8-19)16-21(29-13-5-10-25)22(20)30-14-6-11-26/h1-3,7-8,15-16H,4-6,9-14,17H2. The van der Waals surface area contributed by atoms with Crippen molar-refractivity contribution in [2.24, 2.45) is 0 Å². The molecule has 8 heteroatoms. The van der Waals surface area contributed by atoms with Crippen LogP contribution in [-0.4, -0.2) is 41.8 Å². The third-order valence-corrected chi connectivity index (χ3v) is 5.74. The Morgan fingerprint density at radius 1 is 0.742 bits per heavy atom. The van der Waals surface area contributed by atoms with E-state index in [9.17, 15) is 4.79 Å². The Morgan fingerprint density at radius 3 is 1.77 bits per heavy atom. The fourth-order valence-corrected chi connectivity index (χ4v) is 3.27. The molecule has 170 valence electrons. The molecule has 0 aliphatic carbocycles. The van der Waals surface area contributed by atoms with Crippen LogP contribution in [0, 0.1) is 0 Å². The van der Waals surface area contributed by atoms with Crippen LogP contribution in [0.5, 0.6) is 17.2 Å². The molecule has 0 N–H and O–H groups in total. The molecule has 31 heavy (non-hydrogen) atoms. The zero-order valence-electron chi connectivity index (χ0n) is 17.3. The smallest absolute Gasteiger partial charge is 0.338 e. The fourth-order valence-electron chi connectivity index (χ4n) is 2.58. The Kier molecular flexibility index (Phi) is 13.0. The highest BCUT2D eigenvalue weighted by atomic mass is 79.9. The van der Waals surface area contributed by atoms with Crippen LogP contribution in [0.4, 0.5) is 0 Å².